The molecule has 2 aromatic heterocycles. The molecule has 2 fully saturated rings. The molecule has 1 saturated heterocycles. The Bertz CT molecular complexity index is 1620. The number of hydrogen-bond acceptors (Lipinski definition) is 6. The van der Waals surface area contributed by atoms with Crippen LogP contribution in [-0.4, -0.2) is 44.4 Å². The summed E-state index contributed by atoms with van der Waals surface area (Å²) in [5.74, 6) is -1.55. The molecule has 2 aromatic carbocycles. The highest BCUT2D eigenvalue weighted by molar-refractivity contribution is 6.04. The summed E-state index contributed by atoms with van der Waals surface area (Å²) in [5.41, 5.74) is 13.2. The van der Waals surface area contributed by atoms with Gasteiger partial charge in [-0.1, -0.05) is 6.07 Å². The molecule has 1 aliphatic heterocycles. The molecule has 1 saturated carbocycles. The first kappa shape index (κ1) is 23.3. The Labute approximate surface area is 210 Å². The number of nitrogens with two attached hydrogens (primary N) is 2. The minimum atomic E-state index is -0.993. The average molecular weight is 506 g/mol. The summed E-state index contributed by atoms with van der Waals surface area (Å²) in [6, 6.07) is 7.97. The van der Waals surface area contributed by atoms with Crippen LogP contribution in [0, 0.1) is 11.6 Å². The number of benzene rings is 2. The third-order valence-electron chi connectivity index (χ3n) is 7.15. The topological polar surface area (TPSA) is 125 Å². The van der Waals surface area contributed by atoms with Gasteiger partial charge >= 0.3 is 0 Å². The number of aryl methyl sites for hydroxylation is 1. The minimum Gasteiger partial charge on any atom is -0.368 e. The van der Waals surface area contributed by atoms with Crippen LogP contribution in [0.5, 0.6) is 0 Å². The van der Waals surface area contributed by atoms with Crippen LogP contribution in [0.3, 0.4) is 0 Å². The van der Waals surface area contributed by atoms with Crippen LogP contribution in [0.4, 0.5) is 14.5 Å². The molecule has 2 aliphatic rings. The molecule has 6 rings (SSSR count). The highest BCUT2D eigenvalue weighted by atomic mass is 19.1. The molecule has 3 heterocycles. The van der Waals surface area contributed by atoms with Gasteiger partial charge in [0, 0.05) is 49.3 Å². The zero-order valence-corrected chi connectivity index (χ0v) is 20.1. The van der Waals surface area contributed by atoms with Crippen molar-refractivity contribution in [3.63, 3.8) is 0 Å². The molecule has 1 amide bonds. The number of rotatable bonds is 5. The fourth-order valence-corrected chi connectivity index (χ4v) is 5.19. The van der Waals surface area contributed by atoms with Gasteiger partial charge in [-0.25, -0.2) is 13.8 Å². The van der Waals surface area contributed by atoms with Crippen molar-refractivity contribution in [2.75, 3.05) is 18.0 Å². The van der Waals surface area contributed by atoms with Gasteiger partial charge < -0.3 is 20.9 Å². The van der Waals surface area contributed by atoms with Crippen LogP contribution in [0.25, 0.3) is 27.8 Å². The largest absolute Gasteiger partial charge is 0.368 e. The monoisotopic (exact) mass is 505 g/mol. The van der Waals surface area contributed by atoms with Crippen molar-refractivity contribution < 1.29 is 13.6 Å². The Morgan fingerprint density at radius 3 is 2.41 bits per heavy atom. The number of anilines is 1. The van der Waals surface area contributed by atoms with Gasteiger partial charge in [0.1, 0.15) is 17.0 Å². The van der Waals surface area contributed by atoms with Crippen molar-refractivity contribution in [3.8, 4) is 16.8 Å². The lowest BCUT2D eigenvalue weighted by Gasteiger charge is -2.23. The Hall–Kier alpha value is -4.12. The molecule has 4 aromatic rings. The van der Waals surface area contributed by atoms with Crippen LogP contribution in [0.2, 0.25) is 0 Å². The summed E-state index contributed by atoms with van der Waals surface area (Å²) < 4.78 is 31.6. The predicted octanol–water partition coefficient (Wildman–Crippen LogP) is 2.58. The molecule has 190 valence electrons. The zero-order valence-electron chi connectivity index (χ0n) is 20.1. The highest BCUT2D eigenvalue weighted by Gasteiger charge is 2.32. The van der Waals surface area contributed by atoms with Gasteiger partial charge in [-0.3, -0.25) is 9.59 Å². The van der Waals surface area contributed by atoms with Crippen molar-refractivity contribution in [1.29, 1.82) is 0 Å². The molecule has 0 bridgehead atoms. The summed E-state index contributed by atoms with van der Waals surface area (Å²) in [5, 5.41) is 4.04. The standard InChI is InChI=1S/C26H25F2N7O2/c1-33-19-8-7-15(23(34-10-9-14(29)12-34)22(19)31-26(33)13-5-6-13)16-11-20(36)35(32-21(16)25(30)37)24-17(27)3-2-4-18(24)28/h2-4,7-8,11,13-14H,5-6,9-10,12,29H2,1H3,(H2,30,37)/t14-/m0/s1. The van der Waals surface area contributed by atoms with E-state index in [1.54, 1.807) is 6.07 Å². The molecule has 1 atom stereocenters. The van der Waals surface area contributed by atoms with Crippen LogP contribution >= 0.6 is 0 Å². The maximum atomic E-state index is 14.5. The van der Waals surface area contributed by atoms with Crippen molar-refractivity contribution in [2.24, 2.45) is 18.5 Å². The number of hydrogen-bond donors (Lipinski definition) is 2. The summed E-state index contributed by atoms with van der Waals surface area (Å²) in [7, 11) is 1.97. The lowest BCUT2D eigenvalue weighted by atomic mass is 10.00. The molecular formula is C26H25F2N7O2. The maximum Gasteiger partial charge on any atom is 0.272 e. The predicted molar refractivity (Wildman–Crippen MR) is 135 cm³/mol. The number of primary amides is 1. The van der Waals surface area contributed by atoms with E-state index in [0.29, 0.717) is 29.3 Å². The van der Waals surface area contributed by atoms with Crippen molar-refractivity contribution in [3.05, 3.63) is 69.9 Å². The number of fused-ring (bicyclic) bond motifs is 1. The van der Waals surface area contributed by atoms with E-state index in [1.165, 1.54) is 6.07 Å². The van der Waals surface area contributed by atoms with E-state index in [-0.39, 0.29) is 17.3 Å². The lowest BCUT2D eigenvalue weighted by Crippen LogP contribution is -2.29. The van der Waals surface area contributed by atoms with E-state index in [9.17, 15) is 18.4 Å². The van der Waals surface area contributed by atoms with E-state index < -0.39 is 28.8 Å². The van der Waals surface area contributed by atoms with Crippen molar-refractivity contribution in [1.82, 2.24) is 19.3 Å². The molecule has 4 N–H and O–H groups in total. The Balaban J connectivity index is 1.62. The number of carbonyl (C=O) groups is 1. The number of halogens is 2. The fraction of sp³-hybridized carbons (Fsp3) is 0.308. The van der Waals surface area contributed by atoms with Crippen LogP contribution in [-0.2, 0) is 7.05 Å². The minimum absolute atomic E-state index is 0.0412. The Morgan fingerprint density at radius 1 is 1.05 bits per heavy atom. The SMILES string of the molecule is Cn1c(C2CC2)nc2c(N3CC[C@H](N)C3)c(-c3cc(=O)n(-c4c(F)cccc4F)nc3C(N)=O)ccc21. The molecule has 0 spiro atoms. The number of para-hydroxylation sites is 1. The molecule has 9 nitrogen and oxygen atoms in total. The van der Waals surface area contributed by atoms with Gasteiger partial charge in [-0.2, -0.15) is 9.78 Å². The summed E-state index contributed by atoms with van der Waals surface area (Å²) in [6.07, 6.45) is 2.93. The summed E-state index contributed by atoms with van der Waals surface area (Å²) >= 11 is 0. The summed E-state index contributed by atoms with van der Waals surface area (Å²) in [4.78, 5) is 32.8. The van der Waals surface area contributed by atoms with Crippen LogP contribution < -0.4 is 21.9 Å². The Kier molecular flexibility index (Phi) is 5.34. The number of amides is 1. The van der Waals surface area contributed by atoms with Gasteiger partial charge in [0.05, 0.1) is 11.2 Å². The molecule has 37 heavy (non-hydrogen) atoms. The van der Waals surface area contributed by atoms with E-state index in [2.05, 4.69) is 14.6 Å². The molecule has 0 radical (unpaired) electrons. The number of aromatic nitrogens is 4. The third kappa shape index (κ3) is 3.77. The maximum absolute atomic E-state index is 14.5. The van der Waals surface area contributed by atoms with Crippen molar-refractivity contribution in [2.45, 2.75) is 31.2 Å². The lowest BCUT2D eigenvalue weighted by molar-refractivity contribution is 0.0994. The van der Waals surface area contributed by atoms with Gasteiger partial charge in [-0.15, -0.1) is 0 Å². The molecule has 1 aliphatic carbocycles. The first-order valence-corrected chi connectivity index (χ1v) is 12.1. The first-order valence-electron chi connectivity index (χ1n) is 12.1. The zero-order chi connectivity index (χ0) is 26.0. The van der Waals surface area contributed by atoms with Gasteiger partial charge in [0.15, 0.2) is 17.3 Å². The van der Waals surface area contributed by atoms with Crippen molar-refractivity contribution >= 4 is 22.6 Å². The van der Waals surface area contributed by atoms with E-state index in [0.717, 1.165) is 60.0 Å². The number of carbonyl (C=O) groups excluding carboxylic acids is 1. The van der Waals surface area contributed by atoms with Gasteiger partial charge in [0.2, 0.25) is 0 Å². The van der Waals surface area contributed by atoms with E-state index >= 15 is 0 Å². The van der Waals surface area contributed by atoms with Crippen LogP contribution in [0.15, 0.2) is 41.2 Å². The van der Waals surface area contributed by atoms with E-state index in [4.69, 9.17) is 16.5 Å². The second kappa shape index (κ2) is 8.48. The Morgan fingerprint density at radius 2 is 1.78 bits per heavy atom. The van der Waals surface area contributed by atoms with Crippen LogP contribution in [0.1, 0.15) is 41.5 Å². The fourth-order valence-electron chi connectivity index (χ4n) is 5.19. The molecule has 0 unspecified atom stereocenters. The molecule has 11 heteroatoms. The van der Waals surface area contributed by atoms with Gasteiger partial charge in [0.25, 0.3) is 11.5 Å². The molecular weight excluding hydrogens is 480 g/mol. The smallest absolute Gasteiger partial charge is 0.272 e. The van der Waals surface area contributed by atoms with Gasteiger partial charge in [-0.05, 0) is 43.5 Å². The highest BCUT2D eigenvalue weighted by Crippen LogP contribution is 2.44. The number of nitrogens with zero attached hydrogens (tertiary/aromatic N) is 5. The second-order valence-electron chi connectivity index (χ2n) is 9.72. The van der Waals surface area contributed by atoms with E-state index in [1.807, 2.05) is 13.1 Å². The first-order chi connectivity index (χ1) is 17.7. The summed E-state index contributed by atoms with van der Waals surface area (Å²) in [6.45, 7) is 1.23. The normalized spacial score (nSPS) is 17.6. The third-order valence-corrected chi connectivity index (χ3v) is 7.15. The quantitative estimate of drug-likeness (QED) is 0.430. The number of imidazole rings is 1. The average Bonchev–Trinajstić information content (AvgIpc) is 3.52. The second-order valence-corrected chi connectivity index (χ2v) is 9.72.